The van der Waals surface area contributed by atoms with Gasteiger partial charge in [-0.15, -0.1) is 0 Å². The molecule has 1 amide bonds. The van der Waals surface area contributed by atoms with Gasteiger partial charge in [0, 0.05) is 5.56 Å². The number of ether oxygens (including phenoxy) is 2. The average Bonchev–Trinajstić information content (AvgIpc) is 2.27. The molecule has 0 radical (unpaired) electrons. The molecule has 4 nitrogen and oxygen atoms in total. The van der Waals surface area contributed by atoms with Gasteiger partial charge in [0.2, 0.25) is 0 Å². The predicted molar refractivity (Wildman–Crippen MR) is 71.4 cm³/mol. The number of rotatable bonds is 0. The highest BCUT2D eigenvalue weighted by molar-refractivity contribution is 9.10. The van der Waals surface area contributed by atoms with E-state index in [0.717, 1.165) is 4.90 Å². The molecule has 1 aromatic carbocycles. The van der Waals surface area contributed by atoms with E-state index in [-0.39, 0.29) is 6.73 Å². The van der Waals surface area contributed by atoms with E-state index in [1.54, 1.807) is 39.0 Å². The first-order valence-electron chi connectivity index (χ1n) is 6.55. The summed E-state index contributed by atoms with van der Waals surface area (Å²) < 4.78 is 27.7. The number of carbonyl (C=O) groups excluding carboxylic acids is 1. The molecular formula is C13H16BrNO3. The third kappa shape index (κ3) is 2.96. The van der Waals surface area contributed by atoms with E-state index in [2.05, 4.69) is 15.9 Å². The van der Waals surface area contributed by atoms with Crippen LogP contribution in [0.1, 0.15) is 29.1 Å². The van der Waals surface area contributed by atoms with Gasteiger partial charge < -0.3 is 9.47 Å². The lowest BCUT2D eigenvalue weighted by molar-refractivity contribution is 0.00222. The SMILES string of the molecule is [2H]C1([2H])c2cccc(Br)c2OCN1C(=O)OC(C)(C)C. The molecule has 0 saturated carbocycles. The van der Waals surface area contributed by atoms with Crippen molar-refractivity contribution in [1.29, 1.82) is 0 Å². The lowest BCUT2D eigenvalue weighted by Crippen LogP contribution is -2.40. The molecule has 0 aliphatic carbocycles. The van der Waals surface area contributed by atoms with E-state index in [1.165, 1.54) is 0 Å². The molecule has 0 fully saturated rings. The maximum absolute atomic E-state index is 12.1. The molecule has 0 spiro atoms. The zero-order valence-corrected chi connectivity index (χ0v) is 12.1. The molecule has 0 bridgehead atoms. The van der Waals surface area contributed by atoms with Crippen molar-refractivity contribution in [3.63, 3.8) is 0 Å². The van der Waals surface area contributed by atoms with Crippen molar-refractivity contribution < 1.29 is 17.0 Å². The van der Waals surface area contributed by atoms with Gasteiger partial charge in [-0.1, -0.05) is 12.1 Å². The minimum Gasteiger partial charge on any atom is -0.471 e. The van der Waals surface area contributed by atoms with Crippen molar-refractivity contribution in [3.8, 4) is 5.75 Å². The lowest BCUT2D eigenvalue weighted by Gasteiger charge is -2.31. The van der Waals surface area contributed by atoms with Gasteiger partial charge in [0.25, 0.3) is 0 Å². The molecule has 1 aliphatic heterocycles. The molecule has 2 rings (SSSR count). The van der Waals surface area contributed by atoms with Crippen LogP contribution in [-0.4, -0.2) is 23.3 Å². The molecular weight excluding hydrogens is 298 g/mol. The number of hydrogen-bond donors (Lipinski definition) is 0. The molecule has 0 aromatic heterocycles. The quantitative estimate of drug-likeness (QED) is 0.735. The van der Waals surface area contributed by atoms with Crippen molar-refractivity contribution in [3.05, 3.63) is 28.2 Å². The Kier molecular flexibility index (Phi) is 2.85. The van der Waals surface area contributed by atoms with Crippen molar-refractivity contribution in [2.75, 3.05) is 6.73 Å². The monoisotopic (exact) mass is 315 g/mol. The van der Waals surface area contributed by atoms with Crippen molar-refractivity contribution in [1.82, 2.24) is 4.90 Å². The first-order valence-corrected chi connectivity index (χ1v) is 6.34. The first-order chi connectivity index (χ1) is 9.13. The number of benzene rings is 1. The molecule has 98 valence electrons. The number of halogens is 1. The van der Waals surface area contributed by atoms with E-state index in [1.807, 2.05) is 0 Å². The number of para-hydroxylation sites is 1. The molecule has 18 heavy (non-hydrogen) atoms. The zero-order valence-electron chi connectivity index (χ0n) is 12.5. The Morgan fingerprint density at radius 2 is 2.28 bits per heavy atom. The second-order valence-electron chi connectivity index (χ2n) is 4.91. The summed E-state index contributed by atoms with van der Waals surface area (Å²) in [5.74, 6) is 0.414. The van der Waals surface area contributed by atoms with Crippen molar-refractivity contribution in [2.45, 2.75) is 32.9 Å². The Labute approximate surface area is 118 Å². The number of hydrogen-bond acceptors (Lipinski definition) is 3. The van der Waals surface area contributed by atoms with Crippen LogP contribution in [0.25, 0.3) is 0 Å². The fourth-order valence-electron chi connectivity index (χ4n) is 1.47. The van der Waals surface area contributed by atoms with E-state index >= 15 is 0 Å². The largest absolute Gasteiger partial charge is 0.471 e. The molecule has 1 aromatic rings. The van der Waals surface area contributed by atoms with Gasteiger partial charge in [-0.3, -0.25) is 4.90 Å². The normalized spacial score (nSPS) is 19.2. The van der Waals surface area contributed by atoms with Gasteiger partial charge in [-0.05, 0) is 42.8 Å². The van der Waals surface area contributed by atoms with Crippen LogP contribution in [0.15, 0.2) is 22.7 Å². The van der Waals surface area contributed by atoms with Crippen LogP contribution >= 0.6 is 15.9 Å². The molecule has 0 saturated heterocycles. The number of nitrogens with zero attached hydrogens (tertiary/aromatic N) is 1. The molecule has 5 heteroatoms. The Morgan fingerprint density at radius 3 is 2.94 bits per heavy atom. The maximum atomic E-state index is 12.1. The summed E-state index contributed by atoms with van der Waals surface area (Å²) in [7, 11) is 0. The average molecular weight is 316 g/mol. The van der Waals surface area contributed by atoms with E-state index < -0.39 is 18.2 Å². The summed E-state index contributed by atoms with van der Waals surface area (Å²) in [6.07, 6.45) is -0.742. The van der Waals surface area contributed by atoms with Gasteiger partial charge in [-0.2, -0.15) is 0 Å². The van der Waals surface area contributed by atoms with Gasteiger partial charge in [0.1, 0.15) is 11.4 Å². The third-order valence-electron chi connectivity index (χ3n) is 2.17. The Bertz CT molecular complexity index is 543. The van der Waals surface area contributed by atoms with Gasteiger partial charge in [0.15, 0.2) is 6.73 Å². The van der Waals surface area contributed by atoms with Crippen LogP contribution in [0.2, 0.25) is 0 Å². The minimum absolute atomic E-state index is 0.197. The first kappa shape index (κ1) is 10.7. The molecule has 1 heterocycles. The van der Waals surface area contributed by atoms with Crippen molar-refractivity contribution in [2.24, 2.45) is 0 Å². The lowest BCUT2D eigenvalue weighted by atomic mass is 10.1. The van der Waals surface area contributed by atoms with Gasteiger partial charge in [-0.25, -0.2) is 4.79 Å². The Hall–Kier alpha value is -1.23. The standard InChI is InChI=1S/C13H16BrNO3/c1-13(2,3)18-12(16)15-7-9-5-4-6-10(14)11(9)17-8-15/h4-6H,7-8H2,1-3H3/i7D2. The summed E-state index contributed by atoms with van der Waals surface area (Å²) in [5.41, 5.74) is -0.394. The summed E-state index contributed by atoms with van der Waals surface area (Å²) in [4.78, 5) is 13.0. The van der Waals surface area contributed by atoms with E-state index in [9.17, 15) is 4.79 Å². The van der Waals surface area contributed by atoms with Gasteiger partial charge in [0.05, 0.1) is 13.7 Å². The predicted octanol–water partition coefficient (Wildman–Crippen LogP) is 3.54. The molecule has 0 atom stereocenters. The topological polar surface area (TPSA) is 38.8 Å². The van der Waals surface area contributed by atoms with Crippen LogP contribution in [0.3, 0.4) is 0 Å². The van der Waals surface area contributed by atoms with Crippen LogP contribution in [0.4, 0.5) is 4.79 Å². The molecule has 0 unspecified atom stereocenters. The summed E-state index contributed by atoms with van der Waals surface area (Å²) in [6, 6.07) is 5.05. The second-order valence-corrected chi connectivity index (χ2v) is 5.76. The number of carbonyl (C=O) groups is 1. The Balaban J connectivity index is 2.34. The smallest absolute Gasteiger partial charge is 0.413 e. The maximum Gasteiger partial charge on any atom is 0.413 e. The minimum atomic E-state index is -1.99. The number of fused-ring (bicyclic) bond motifs is 1. The summed E-state index contributed by atoms with van der Waals surface area (Å²) in [5, 5.41) is 0. The van der Waals surface area contributed by atoms with Crippen LogP contribution < -0.4 is 4.74 Å². The highest BCUT2D eigenvalue weighted by atomic mass is 79.9. The summed E-state index contributed by atoms with van der Waals surface area (Å²) in [6.45, 7) is 3.01. The second kappa shape index (κ2) is 4.80. The molecule has 1 aliphatic rings. The third-order valence-corrected chi connectivity index (χ3v) is 2.80. The summed E-state index contributed by atoms with van der Waals surface area (Å²) >= 11 is 3.31. The van der Waals surface area contributed by atoms with E-state index in [4.69, 9.17) is 12.2 Å². The molecule has 0 N–H and O–H groups in total. The Morgan fingerprint density at radius 1 is 1.56 bits per heavy atom. The van der Waals surface area contributed by atoms with Gasteiger partial charge >= 0.3 is 6.09 Å². The van der Waals surface area contributed by atoms with Crippen LogP contribution in [-0.2, 0) is 11.2 Å². The fraction of sp³-hybridized carbons (Fsp3) is 0.462. The highest BCUT2D eigenvalue weighted by Crippen LogP contribution is 2.33. The zero-order chi connectivity index (χ0) is 15.1. The fourth-order valence-corrected chi connectivity index (χ4v) is 1.95. The van der Waals surface area contributed by atoms with Crippen LogP contribution in [0, 0.1) is 0 Å². The van der Waals surface area contributed by atoms with Crippen LogP contribution in [0.5, 0.6) is 5.75 Å². The van der Waals surface area contributed by atoms with E-state index in [0.29, 0.717) is 15.8 Å². The number of amides is 1. The highest BCUT2D eigenvalue weighted by Gasteiger charge is 2.27. The van der Waals surface area contributed by atoms with Crippen molar-refractivity contribution >= 4 is 22.0 Å².